The fourth-order valence-electron chi connectivity index (χ4n) is 4.34. The molecule has 0 aliphatic rings. The van der Waals surface area contributed by atoms with E-state index >= 15 is 0 Å². The van der Waals surface area contributed by atoms with Crippen LogP contribution >= 0.6 is 0 Å². The zero-order chi connectivity index (χ0) is 24.5. The molecule has 0 aliphatic heterocycles. The third-order valence-electron chi connectivity index (χ3n) is 6.12. The van der Waals surface area contributed by atoms with Gasteiger partial charge in [-0.15, -0.1) is 0 Å². The lowest BCUT2D eigenvalue weighted by molar-refractivity contribution is 0.0946. The maximum absolute atomic E-state index is 13.6. The van der Waals surface area contributed by atoms with E-state index in [9.17, 15) is 9.59 Å². The van der Waals surface area contributed by atoms with Crippen LogP contribution in [0.1, 0.15) is 28.5 Å². The van der Waals surface area contributed by atoms with Crippen molar-refractivity contribution in [2.75, 3.05) is 6.61 Å². The smallest absolute Gasteiger partial charge is 0.296 e. The van der Waals surface area contributed by atoms with Crippen LogP contribution in [0, 0.1) is 6.92 Å². The van der Waals surface area contributed by atoms with E-state index in [0.29, 0.717) is 29.7 Å². The highest BCUT2D eigenvalue weighted by Crippen LogP contribution is 2.28. The van der Waals surface area contributed by atoms with Gasteiger partial charge in [0.15, 0.2) is 5.69 Å². The standard InChI is InChI=1S/C28H26N4O3/c1-4-35-21-15-11-19(12-16-21)17-29-27(33)25-24-22-7-5-6-8-23(22)31(3)26(24)28(34)32(30-25)20-13-9-18(2)10-14-20/h5-16H,4,17H2,1-3H3,(H,29,33). The number of ether oxygens (including phenoxy) is 1. The lowest BCUT2D eigenvalue weighted by Gasteiger charge is -2.11. The second kappa shape index (κ2) is 9.10. The number of nitrogens with one attached hydrogen (secondary N) is 1. The Labute approximate surface area is 202 Å². The van der Waals surface area contributed by atoms with Crippen molar-refractivity contribution in [1.82, 2.24) is 19.7 Å². The largest absolute Gasteiger partial charge is 0.494 e. The third kappa shape index (κ3) is 4.05. The molecule has 2 heterocycles. The van der Waals surface area contributed by atoms with Gasteiger partial charge in [-0.05, 0) is 49.7 Å². The lowest BCUT2D eigenvalue weighted by atomic mass is 10.1. The number of carbonyl (C=O) groups is 1. The lowest BCUT2D eigenvalue weighted by Crippen LogP contribution is -2.30. The number of nitrogens with zero attached hydrogens (tertiary/aromatic N) is 3. The Balaban J connectivity index is 1.62. The van der Waals surface area contributed by atoms with Crippen molar-refractivity contribution in [3.63, 3.8) is 0 Å². The Bertz CT molecular complexity index is 1600. The van der Waals surface area contributed by atoms with E-state index < -0.39 is 0 Å². The average Bonchev–Trinajstić information content (AvgIpc) is 3.18. The van der Waals surface area contributed by atoms with Gasteiger partial charge in [0.1, 0.15) is 11.3 Å². The normalized spacial score (nSPS) is 11.2. The van der Waals surface area contributed by atoms with E-state index in [1.807, 2.05) is 98.3 Å². The average molecular weight is 467 g/mol. The number of carbonyl (C=O) groups excluding carboxylic acids is 1. The first-order valence-corrected chi connectivity index (χ1v) is 11.6. The molecular formula is C28H26N4O3. The first-order valence-electron chi connectivity index (χ1n) is 11.6. The number of benzene rings is 3. The Morgan fingerprint density at radius 3 is 2.43 bits per heavy atom. The Kier molecular flexibility index (Phi) is 5.82. The molecule has 1 amide bonds. The predicted octanol–water partition coefficient (Wildman–Crippen LogP) is 4.51. The summed E-state index contributed by atoms with van der Waals surface area (Å²) in [6, 6.07) is 22.8. The van der Waals surface area contributed by atoms with Gasteiger partial charge in [0, 0.05) is 29.9 Å². The van der Waals surface area contributed by atoms with Gasteiger partial charge in [0.2, 0.25) is 0 Å². The van der Waals surface area contributed by atoms with Crippen molar-refractivity contribution in [1.29, 1.82) is 0 Å². The Hall–Kier alpha value is -4.39. The molecule has 0 atom stereocenters. The Morgan fingerprint density at radius 2 is 1.71 bits per heavy atom. The van der Waals surface area contributed by atoms with Gasteiger partial charge in [-0.25, -0.2) is 0 Å². The highest BCUT2D eigenvalue weighted by molar-refractivity contribution is 6.16. The highest BCUT2D eigenvalue weighted by atomic mass is 16.5. The molecule has 0 fully saturated rings. The van der Waals surface area contributed by atoms with Gasteiger partial charge < -0.3 is 14.6 Å². The van der Waals surface area contributed by atoms with Crippen LogP contribution in [0.2, 0.25) is 0 Å². The quantitative estimate of drug-likeness (QED) is 0.399. The molecule has 0 radical (unpaired) electrons. The molecule has 0 saturated carbocycles. The predicted molar refractivity (Wildman–Crippen MR) is 137 cm³/mol. The van der Waals surface area contributed by atoms with Gasteiger partial charge in [-0.1, -0.05) is 48.0 Å². The maximum Gasteiger partial charge on any atom is 0.296 e. The molecule has 3 aromatic carbocycles. The molecule has 2 aromatic heterocycles. The minimum absolute atomic E-state index is 0.211. The highest BCUT2D eigenvalue weighted by Gasteiger charge is 2.23. The molecule has 5 rings (SSSR count). The summed E-state index contributed by atoms with van der Waals surface area (Å²) in [5, 5.41) is 8.92. The fourth-order valence-corrected chi connectivity index (χ4v) is 4.34. The van der Waals surface area contributed by atoms with Gasteiger partial charge in [-0.2, -0.15) is 9.78 Å². The summed E-state index contributed by atoms with van der Waals surface area (Å²) in [6.07, 6.45) is 0. The van der Waals surface area contributed by atoms with E-state index in [2.05, 4.69) is 10.4 Å². The molecule has 0 spiro atoms. The number of para-hydroxylation sites is 1. The van der Waals surface area contributed by atoms with Crippen LogP contribution in [-0.2, 0) is 13.6 Å². The van der Waals surface area contributed by atoms with Crippen molar-refractivity contribution < 1.29 is 9.53 Å². The first-order chi connectivity index (χ1) is 17.0. The second-order valence-electron chi connectivity index (χ2n) is 8.46. The van der Waals surface area contributed by atoms with Crippen LogP contribution in [0.5, 0.6) is 5.75 Å². The van der Waals surface area contributed by atoms with Crippen LogP contribution in [0.25, 0.3) is 27.5 Å². The number of hydrogen-bond acceptors (Lipinski definition) is 4. The topological polar surface area (TPSA) is 78.2 Å². The Morgan fingerprint density at radius 1 is 1.00 bits per heavy atom. The third-order valence-corrected chi connectivity index (χ3v) is 6.12. The molecule has 0 saturated heterocycles. The van der Waals surface area contributed by atoms with Gasteiger partial charge in [0.25, 0.3) is 11.5 Å². The number of fused-ring (bicyclic) bond motifs is 3. The van der Waals surface area contributed by atoms with Crippen LogP contribution in [-0.4, -0.2) is 26.9 Å². The zero-order valence-electron chi connectivity index (χ0n) is 19.9. The number of hydrogen-bond donors (Lipinski definition) is 1. The van der Waals surface area contributed by atoms with Crippen LogP contribution in [0.3, 0.4) is 0 Å². The van der Waals surface area contributed by atoms with Gasteiger partial charge in [-0.3, -0.25) is 9.59 Å². The minimum Gasteiger partial charge on any atom is -0.494 e. The summed E-state index contributed by atoms with van der Waals surface area (Å²) >= 11 is 0. The molecule has 0 bridgehead atoms. The van der Waals surface area contributed by atoms with E-state index in [1.165, 1.54) is 4.68 Å². The van der Waals surface area contributed by atoms with Crippen LogP contribution in [0.15, 0.2) is 77.6 Å². The first kappa shape index (κ1) is 22.4. The zero-order valence-corrected chi connectivity index (χ0v) is 19.9. The van der Waals surface area contributed by atoms with Crippen molar-refractivity contribution in [3.8, 4) is 11.4 Å². The van der Waals surface area contributed by atoms with Crippen molar-refractivity contribution in [2.45, 2.75) is 20.4 Å². The summed E-state index contributed by atoms with van der Waals surface area (Å²) in [7, 11) is 1.84. The van der Waals surface area contributed by atoms with E-state index in [0.717, 1.165) is 27.8 Å². The second-order valence-corrected chi connectivity index (χ2v) is 8.46. The molecule has 0 aliphatic carbocycles. The van der Waals surface area contributed by atoms with Crippen LogP contribution < -0.4 is 15.6 Å². The molecule has 35 heavy (non-hydrogen) atoms. The van der Waals surface area contributed by atoms with Crippen molar-refractivity contribution in [3.05, 3.63) is 100.0 Å². The summed E-state index contributed by atoms with van der Waals surface area (Å²) in [5.41, 5.74) is 3.85. The summed E-state index contributed by atoms with van der Waals surface area (Å²) in [4.78, 5) is 27.1. The number of aryl methyl sites for hydroxylation is 2. The van der Waals surface area contributed by atoms with E-state index in [-0.39, 0.29) is 17.2 Å². The SMILES string of the molecule is CCOc1ccc(CNC(=O)c2nn(-c3ccc(C)cc3)c(=O)c3c2c2ccccc2n3C)cc1. The van der Waals surface area contributed by atoms with Crippen molar-refractivity contribution in [2.24, 2.45) is 7.05 Å². The number of amides is 1. The molecule has 0 unspecified atom stereocenters. The van der Waals surface area contributed by atoms with Gasteiger partial charge >= 0.3 is 0 Å². The minimum atomic E-state index is -0.346. The fraction of sp³-hybridized carbons (Fsp3) is 0.179. The van der Waals surface area contributed by atoms with Crippen molar-refractivity contribution >= 4 is 27.7 Å². The maximum atomic E-state index is 13.6. The van der Waals surface area contributed by atoms with Gasteiger partial charge in [0.05, 0.1) is 12.3 Å². The summed E-state index contributed by atoms with van der Waals surface area (Å²) in [6.45, 7) is 4.83. The summed E-state index contributed by atoms with van der Waals surface area (Å²) < 4.78 is 8.64. The molecular weight excluding hydrogens is 440 g/mol. The monoisotopic (exact) mass is 466 g/mol. The molecule has 5 aromatic rings. The number of aromatic nitrogens is 3. The molecule has 7 nitrogen and oxygen atoms in total. The van der Waals surface area contributed by atoms with E-state index in [1.54, 1.807) is 0 Å². The molecule has 1 N–H and O–H groups in total. The summed E-state index contributed by atoms with van der Waals surface area (Å²) in [5.74, 6) is 0.438. The van der Waals surface area contributed by atoms with E-state index in [4.69, 9.17) is 4.74 Å². The van der Waals surface area contributed by atoms with Crippen LogP contribution in [0.4, 0.5) is 0 Å². The number of rotatable bonds is 6. The molecule has 176 valence electrons. The molecule has 7 heteroatoms.